The van der Waals surface area contributed by atoms with Crippen molar-refractivity contribution in [1.82, 2.24) is 9.80 Å². The zero-order valence-corrected chi connectivity index (χ0v) is 31.8. The fourth-order valence-electron chi connectivity index (χ4n) is 13.2. The van der Waals surface area contributed by atoms with Gasteiger partial charge in [0.2, 0.25) is 5.91 Å². The summed E-state index contributed by atoms with van der Waals surface area (Å²) < 4.78 is 19.8. The minimum absolute atomic E-state index is 0.0596. The predicted octanol–water partition coefficient (Wildman–Crippen LogP) is 6.22. The molecule has 1 saturated heterocycles. The number of aliphatic hydroxyl groups excluding tert-OH is 1. The van der Waals surface area contributed by atoms with Gasteiger partial charge in [0.05, 0.1) is 38.5 Å². The van der Waals surface area contributed by atoms with Crippen LogP contribution in [-0.2, 0) is 23.8 Å². The molecule has 0 aromatic carbocycles. The van der Waals surface area contributed by atoms with Crippen LogP contribution in [0.2, 0.25) is 0 Å². The standard InChI is InChI=1S/C39H64N2O6.CH4O/c1-7-8-27-28(45-19-17-40(6)23-33(43)44)22-37(5)30-12-11-29-35(2,3)31(13-14-38(29)25-39(30,38)16-15-36(27,37)4)47-34-24-41(18-20-46-34)32(42)21-26-9-10-26;1-2/h26-31,34H,7-25H2,1-6H3,(H,43,44);2H,1H3/t27-,28?,29-,30?,31-,34?,36?,37-,38+,39?;/m0./s1. The summed E-state index contributed by atoms with van der Waals surface area (Å²) in [7, 11) is 2.88. The van der Waals surface area contributed by atoms with Gasteiger partial charge in [-0.05, 0) is 128 Å². The molecule has 0 aromatic rings. The van der Waals surface area contributed by atoms with E-state index < -0.39 is 5.97 Å². The van der Waals surface area contributed by atoms with Gasteiger partial charge in [-0.1, -0.05) is 41.0 Å². The van der Waals surface area contributed by atoms with Crippen molar-refractivity contribution in [1.29, 1.82) is 0 Å². The molecule has 49 heavy (non-hydrogen) atoms. The van der Waals surface area contributed by atoms with Crippen molar-refractivity contribution in [3.05, 3.63) is 0 Å². The van der Waals surface area contributed by atoms with E-state index in [4.69, 9.17) is 19.3 Å². The molecule has 5 unspecified atom stereocenters. The maximum absolute atomic E-state index is 12.9. The van der Waals surface area contributed by atoms with Crippen LogP contribution in [0.25, 0.3) is 0 Å². The number of aliphatic hydroxyl groups is 1. The minimum Gasteiger partial charge on any atom is -0.480 e. The smallest absolute Gasteiger partial charge is 0.317 e. The van der Waals surface area contributed by atoms with Crippen LogP contribution in [0.4, 0.5) is 0 Å². The number of amides is 1. The highest BCUT2D eigenvalue weighted by Gasteiger charge is 2.82. The van der Waals surface area contributed by atoms with Gasteiger partial charge in [-0.2, -0.15) is 0 Å². The van der Waals surface area contributed by atoms with Gasteiger partial charge in [-0.25, -0.2) is 0 Å². The number of ether oxygens (including phenoxy) is 3. The summed E-state index contributed by atoms with van der Waals surface area (Å²) in [6, 6.07) is 0. The van der Waals surface area contributed by atoms with Crippen LogP contribution in [0, 0.1) is 50.7 Å². The quantitative estimate of drug-likeness (QED) is 0.249. The van der Waals surface area contributed by atoms with Gasteiger partial charge in [0, 0.05) is 26.6 Å². The molecule has 1 heterocycles. The topological polar surface area (TPSA) is 109 Å². The number of rotatable bonds is 12. The van der Waals surface area contributed by atoms with Crippen molar-refractivity contribution in [2.24, 2.45) is 50.7 Å². The molecule has 7 fully saturated rings. The fraction of sp³-hybridized carbons (Fsp3) is 0.950. The molecule has 9 heteroatoms. The number of carboxylic acid groups (broad SMARTS) is 1. The van der Waals surface area contributed by atoms with Crippen LogP contribution < -0.4 is 0 Å². The molecule has 0 radical (unpaired) electrons. The van der Waals surface area contributed by atoms with E-state index in [-0.39, 0.29) is 47.2 Å². The number of carboxylic acids is 1. The third kappa shape index (κ3) is 6.31. The van der Waals surface area contributed by atoms with E-state index in [0.29, 0.717) is 67.9 Å². The van der Waals surface area contributed by atoms with Gasteiger partial charge < -0.3 is 29.3 Å². The van der Waals surface area contributed by atoms with Crippen molar-refractivity contribution in [2.75, 3.05) is 53.6 Å². The van der Waals surface area contributed by atoms with Crippen LogP contribution in [0.3, 0.4) is 0 Å². The molecule has 2 N–H and O–H groups in total. The Bertz CT molecular complexity index is 1210. The number of hydrogen-bond acceptors (Lipinski definition) is 7. The van der Waals surface area contributed by atoms with E-state index in [9.17, 15) is 14.7 Å². The van der Waals surface area contributed by atoms with Crippen LogP contribution in [-0.4, -0.2) is 104 Å². The lowest BCUT2D eigenvalue weighted by Gasteiger charge is -2.63. The average molecular weight is 689 g/mol. The second-order valence-corrected chi connectivity index (χ2v) is 18.4. The molecule has 9 nitrogen and oxygen atoms in total. The van der Waals surface area contributed by atoms with Gasteiger partial charge in [-0.15, -0.1) is 0 Å². The van der Waals surface area contributed by atoms with Crippen LogP contribution >= 0.6 is 0 Å². The molecule has 1 amide bonds. The summed E-state index contributed by atoms with van der Waals surface area (Å²) >= 11 is 0. The molecule has 10 atom stereocenters. The highest BCUT2D eigenvalue weighted by molar-refractivity contribution is 5.76. The summed E-state index contributed by atoms with van der Waals surface area (Å²) in [5.74, 6) is 2.09. The SMILES string of the molecule is CCC[C@H]1C(OCCN(C)CC(=O)O)C[C@@]2(C)C3CC[C@H]4C(C)(C)[C@@H](OC5CN(C(=O)CC6CC6)CCO5)CC[C@@]45CC35CCC12C.CO. The lowest BCUT2D eigenvalue weighted by atomic mass is 9.42. The van der Waals surface area contributed by atoms with Crippen molar-refractivity contribution >= 4 is 11.9 Å². The average Bonchev–Trinajstić information content (AvgIpc) is 3.97. The number of carbonyl (C=O) groups excluding carboxylic acids is 1. The van der Waals surface area contributed by atoms with E-state index in [0.717, 1.165) is 25.9 Å². The molecule has 280 valence electrons. The van der Waals surface area contributed by atoms with Gasteiger partial charge in [0.25, 0.3) is 0 Å². The molecule has 6 saturated carbocycles. The Morgan fingerprint density at radius 1 is 0.959 bits per heavy atom. The zero-order chi connectivity index (χ0) is 35.4. The van der Waals surface area contributed by atoms with Gasteiger partial charge >= 0.3 is 5.97 Å². The monoisotopic (exact) mass is 689 g/mol. The number of aliphatic carboxylic acids is 1. The fourth-order valence-corrected chi connectivity index (χ4v) is 13.2. The summed E-state index contributed by atoms with van der Waals surface area (Å²) in [4.78, 5) is 27.9. The molecule has 6 aliphatic carbocycles. The van der Waals surface area contributed by atoms with Crippen molar-refractivity contribution < 1.29 is 34.0 Å². The number of likely N-dealkylation sites (N-methyl/N-ethyl adjacent to an activating group) is 1. The summed E-state index contributed by atoms with van der Waals surface area (Å²) in [5.41, 5.74) is 1.51. The Morgan fingerprint density at radius 2 is 1.67 bits per heavy atom. The second-order valence-electron chi connectivity index (χ2n) is 18.4. The second kappa shape index (κ2) is 13.9. The van der Waals surface area contributed by atoms with Crippen molar-refractivity contribution in [3.63, 3.8) is 0 Å². The number of fused-ring (bicyclic) bond motifs is 2. The Morgan fingerprint density at radius 3 is 2.37 bits per heavy atom. The van der Waals surface area contributed by atoms with E-state index >= 15 is 0 Å². The highest BCUT2D eigenvalue weighted by Crippen LogP contribution is 2.89. The Balaban J connectivity index is 0.00000205. The number of morpholine rings is 1. The van der Waals surface area contributed by atoms with Gasteiger partial charge in [0.15, 0.2) is 6.29 Å². The molecular weight excluding hydrogens is 620 g/mol. The number of nitrogens with zero attached hydrogens (tertiary/aromatic N) is 2. The lowest BCUT2D eigenvalue weighted by molar-refractivity contribution is -0.246. The Hall–Kier alpha value is -1.26. The Labute approximate surface area is 296 Å². The van der Waals surface area contributed by atoms with Gasteiger partial charge in [0.1, 0.15) is 0 Å². The largest absolute Gasteiger partial charge is 0.480 e. The molecular formula is C40H68N2O7. The first-order valence-corrected chi connectivity index (χ1v) is 19.8. The molecule has 7 aliphatic rings. The third-order valence-corrected chi connectivity index (χ3v) is 15.9. The summed E-state index contributed by atoms with van der Waals surface area (Å²) in [6.07, 6.45) is 15.8. The molecule has 2 spiro atoms. The van der Waals surface area contributed by atoms with E-state index in [1.807, 2.05) is 16.8 Å². The van der Waals surface area contributed by atoms with Crippen molar-refractivity contribution in [3.8, 4) is 0 Å². The highest BCUT2D eigenvalue weighted by atomic mass is 16.7. The Kier molecular flexibility index (Phi) is 10.7. The number of carbonyl (C=O) groups is 2. The predicted molar refractivity (Wildman–Crippen MR) is 189 cm³/mol. The van der Waals surface area contributed by atoms with Gasteiger partial charge in [-0.3, -0.25) is 14.5 Å². The zero-order valence-electron chi connectivity index (χ0n) is 31.8. The maximum atomic E-state index is 12.9. The first-order chi connectivity index (χ1) is 23.3. The lowest BCUT2D eigenvalue weighted by Crippen LogP contribution is -2.58. The van der Waals surface area contributed by atoms with E-state index in [2.05, 4.69) is 34.6 Å². The van der Waals surface area contributed by atoms with E-state index in [1.165, 1.54) is 64.2 Å². The third-order valence-electron chi connectivity index (χ3n) is 15.9. The maximum Gasteiger partial charge on any atom is 0.317 e. The van der Waals surface area contributed by atoms with Crippen LogP contribution in [0.1, 0.15) is 118 Å². The summed E-state index contributed by atoms with van der Waals surface area (Å²) in [6.45, 7) is 15.8. The summed E-state index contributed by atoms with van der Waals surface area (Å²) in [5, 5.41) is 16.2. The van der Waals surface area contributed by atoms with Crippen LogP contribution in [0.15, 0.2) is 0 Å². The van der Waals surface area contributed by atoms with Crippen LogP contribution in [0.5, 0.6) is 0 Å². The minimum atomic E-state index is -0.782. The number of hydrogen-bond donors (Lipinski definition) is 2. The molecule has 0 aromatic heterocycles. The first-order valence-electron chi connectivity index (χ1n) is 19.8. The van der Waals surface area contributed by atoms with E-state index in [1.54, 1.807) is 0 Å². The molecule has 1 aliphatic heterocycles. The molecule has 7 rings (SSSR count). The van der Waals surface area contributed by atoms with Crippen molar-refractivity contribution in [2.45, 2.75) is 137 Å². The molecule has 0 bridgehead atoms. The first kappa shape index (κ1) is 37.5. The normalized spacial score (nSPS) is 43.4.